The van der Waals surface area contributed by atoms with Crippen molar-refractivity contribution in [2.24, 2.45) is 15.0 Å². The zero-order chi connectivity index (χ0) is 62.5. The summed E-state index contributed by atoms with van der Waals surface area (Å²) in [6.45, 7) is 26.7. The first-order valence-electron chi connectivity index (χ1n) is 31.0. The first-order chi connectivity index (χ1) is 42.9. The smallest absolute Gasteiger partial charge is 0.331 e. The quantitative estimate of drug-likeness (QED) is 0.213. The maximum absolute atomic E-state index is 7.20. The van der Waals surface area contributed by atoms with Crippen molar-refractivity contribution in [2.75, 3.05) is 21.1 Å². The molecule has 0 radical (unpaired) electrons. The molecule has 3 spiro atoms. The van der Waals surface area contributed by atoms with E-state index in [9.17, 15) is 0 Å². The number of rotatable bonds is 6. The number of hydrogen-bond donors (Lipinski definition) is 3. The molecule has 15 nitrogen and oxygen atoms in total. The molecule has 0 fully saturated rings. The van der Waals surface area contributed by atoms with Crippen LogP contribution in [0.25, 0.3) is 32.3 Å². The van der Waals surface area contributed by atoms with Gasteiger partial charge in [0.2, 0.25) is 0 Å². The van der Waals surface area contributed by atoms with E-state index in [2.05, 4.69) is 159 Å². The van der Waals surface area contributed by atoms with E-state index in [1.807, 2.05) is 91.4 Å². The number of hydrogen-bond acceptors (Lipinski definition) is 12. The van der Waals surface area contributed by atoms with Gasteiger partial charge in [0.1, 0.15) is 69.6 Å². The van der Waals surface area contributed by atoms with Gasteiger partial charge in [-0.2, -0.15) is 0 Å². The summed E-state index contributed by atoms with van der Waals surface area (Å²) in [5.74, 6) is 3.39. The zero-order valence-electron chi connectivity index (χ0n) is 54.6. The summed E-state index contributed by atoms with van der Waals surface area (Å²) < 4.78 is 41.6. The minimum absolute atomic E-state index is 0. The number of fused-ring (bicyclic) bond motifs is 15. The average Bonchev–Trinajstić information content (AvgIpc) is 1.56. The predicted molar refractivity (Wildman–Crippen MR) is 351 cm³/mol. The summed E-state index contributed by atoms with van der Waals surface area (Å²) >= 11 is 0. The van der Waals surface area contributed by atoms with Gasteiger partial charge in [0, 0.05) is 32.8 Å². The largest absolute Gasteiger partial charge is 1.00 e. The van der Waals surface area contributed by atoms with E-state index < -0.39 is 17.2 Å². The number of halogens is 3. The molecule has 0 saturated carbocycles. The van der Waals surface area contributed by atoms with E-state index in [0.29, 0.717) is 51.6 Å². The van der Waals surface area contributed by atoms with Crippen molar-refractivity contribution >= 4 is 68.0 Å². The van der Waals surface area contributed by atoms with Gasteiger partial charge in [0.05, 0.1) is 37.8 Å². The summed E-state index contributed by atoms with van der Waals surface area (Å²) in [5.41, 5.74) is 13.5. The average molecular weight is 1580 g/mol. The molecule has 6 unspecified atom stereocenters. The Bertz CT molecular complexity index is 4470. The molecule has 0 bridgehead atoms. The number of quaternary nitrogens is 3. The zero-order valence-corrected chi connectivity index (χ0v) is 61.1. The van der Waals surface area contributed by atoms with Crippen molar-refractivity contribution in [2.45, 2.75) is 117 Å². The molecule has 3 N–H and O–H groups in total. The molecule has 93 heavy (non-hydrogen) atoms. The second-order valence-electron chi connectivity index (χ2n) is 27.3. The SMILES string of the molecule is Cc1ccc(C)c2c1C(C)(C)[NH+](C)C21C=Nc2c(ccc3ccc(Oc4nc(Oc5ccc6ccc7c(c6c5)N=CC5(O7)c6c(C)ccc(C)c6C(C)(C)[NH+]5C)nc(Oc5ccc6ccc7c(c6c5)N=CC5(O7)c6c(C)ccc(C)c6C(C)(C)[NH+]5C)n4)cc23)O1.[I-].[I-].[I-]. The van der Waals surface area contributed by atoms with E-state index >= 15 is 0 Å². The van der Waals surface area contributed by atoms with E-state index in [4.69, 9.17) is 58.4 Å². The number of nitrogens with zero attached hydrogens (tertiary/aromatic N) is 6. The molecule has 0 aliphatic carbocycles. The van der Waals surface area contributed by atoms with Gasteiger partial charge in [-0.05, 0) is 187 Å². The topological polar surface area (TPSA) is 144 Å². The Morgan fingerprint density at radius 2 is 0.559 bits per heavy atom. The van der Waals surface area contributed by atoms with Crippen molar-refractivity contribution in [3.63, 3.8) is 0 Å². The van der Waals surface area contributed by atoms with Crippen molar-refractivity contribution in [1.82, 2.24) is 15.0 Å². The second kappa shape index (κ2) is 22.1. The normalized spacial score (nSPS) is 22.9. The third-order valence-electron chi connectivity index (χ3n) is 21.3. The van der Waals surface area contributed by atoms with Crippen LogP contribution in [-0.4, -0.2) is 54.7 Å². The lowest BCUT2D eigenvalue weighted by atomic mass is 9.86. The van der Waals surface area contributed by atoms with Crippen LogP contribution in [0.5, 0.6) is 52.5 Å². The third-order valence-corrected chi connectivity index (χ3v) is 21.3. The Balaban J connectivity index is 0.00000262. The van der Waals surface area contributed by atoms with Crippen molar-refractivity contribution in [3.05, 3.63) is 194 Å². The fourth-order valence-corrected chi connectivity index (χ4v) is 16.1. The van der Waals surface area contributed by atoms with E-state index in [0.717, 1.165) is 49.0 Å². The van der Waals surface area contributed by atoms with Crippen molar-refractivity contribution in [3.8, 4) is 52.5 Å². The first-order valence-corrected chi connectivity index (χ1v) is 31.0. The molecule has 18 heteroatoms. The van der Waals surface area contributed by atoms with Crippen LogP contribution in [0.15, 0.2) is 142 Å². The maximum Gasteiger partial charge on any atom is 0.331 e. The molecule has 6 aliphatic heterocycles. The Kier molecular flexibility index (Phi) is 15.3. The highest BCUT2D eigenvalue weighted by molar-refractivity contribution is 6.02. The highest BCUT2D eigenvalue weighted by atomic mass is 127. The predicted octanol–water partition coefficient (Wildman–Crippen LogP) is 3.70. The lowest BCUT2D eigenvalue weighted by molar-refractivity contribution is -0.994. The molecule has 1 aromatic heterocycles. The third kappa shape index (κ3) is 9.20. The van der Waals surface area contributed by atoms with E-state index in [-0.39, 0.29) is 107 Å². The number of ether oxygens (including phenoxy) is 6. The minimum Gasteiger partial charge on any atom is -1.00 e. The van der Waals surface area contributed by atoms with Crippen LogP contribution in [-0.2, 0) is 33.8 Å². The van der Waals surface area contributed by atoms with Crippen molar-refractivity contribution < 1.29 is 115 Å². The van der Waals surface area contributed by atoms with Gasteiger partial charge in [-0.15, -0.1) is 15.0 Å². The lowest BCUT2D eigenvalue weighted by Gasteiger charge is -2.38. The Labute approximate surface area is 592 Å². The summed E-state index contributed by atoms with van der Waals surface area (Å²) in [4.78, 5) is 33.7. The number of aromatic nitrogens is 3. The summed E-state index contributed by atoms with van der Waals surface area (Å²) in [7, 11) is 6.57. The van der Waals surface area contributed by atoms with Gasteiger partial charge < -0.3 is 100 Å². The van der Waals surface area contributed by atoms with Gasteiger partial charge in [0.25, 0.3) is 0 Å². The van der Waals surface area contributed by atoms with Crippen LogP contribution in [0.1, 0.15) is 108 Å². The van der Waals surface area contributed by atoms with Crippen LogP contribution < -0.4 is 115 Å². The lowest BCUT2D eigenvalue weighted by Crippen LogP contribution is -3.20. The molecule has 16 rings (SSSR count). The molecular formula is C75H72I3N9O6. The van der Waals surface area contributed by atoms with Crippen molar-refractivity contribution in [1.29, 1.82) is 0 Å². The standard InChI is InChI=1S/C75H69N9O6.3HI/c1-40-16-19-43(4)61-58(40)70(7,8)82(13)73(61)37-76-64-52-34-49(28-22-46(52)25-31-55(64)88-73)85-67-79-68(86-50-29-23-47-26-32-56-65(53(47)35-50)77-38-74(89-56)62-44(5)20-17-41(2)59(62)71(9,10)83(74)14)81-69(80-67)87-51-30-24-48-27-33-57-66(54(48)36-51)78-39-75(90-57)63-45(6)21-18-42(3)60(63)72(11,12)84(75)15;;;/h16-39H,1-15H3;3*1H. The number of benzene rings is 9. The summed E-state index contributed by atoms with van der Waals surface area (Å²) in [6.07, 6.45) is 5.96. The molecule has 6 aliphatic rings. The Morgan fingerprint density at radius 1 is 0.323 bits per heavy atom. The number of nitrogens with one attached hydrogen (secondary N) is 3. The highest BCUT2D eigenvalue weighted by Gasteiger charge is 2.63. The van der Waals surface area contributed by atoms with Gasteiger partial charge in [0.15, 0.2) is 17.2 Å². The van der Waals surface area contributed by atoms with E-state index in [1.165, 1.54) is 64.8 Å². The Hall–Kier alpha value is -7.35. The van der Waals surface area contributed by atoms with Crippen LogP contribution in [0.3, 0.4) is 0 Å². The first kappa shape index (κ1) is 64.4. The molecular weight excluding hydrogens is 1500 g/mol. The molecule has 0 amide bonds. The molecule has 474 valence electrons. The van der Waals surface area contributed by atoms with Crippen LogP contribution in [0.4, 0.5) is 17.1 Å². The maximum atomic E-state index is 7.20. The molecule has 7 heterocycles. The van der Waals surface area contributed by atoms with Gasteiger partial charge in [-0.25, -0.2) is 15.0 Å². The monoisotopic (exact) mass is 1580 g/mol. The minimum atomic E-state index is -0.823. The second-order valence-corrected chi connectivity index (χ2v) is 27.3. The van der Waals surface area contributed by atoms with Gasteiger partial charge in [-0.3, -0.25) is 14.7 Å². The molecule has 0 saturated heterocycles. The summed E-state index contributed by atoms with van der Waals surface area (Å²) in [6, 6.07) is 42.7. The van der Waals surface area contributed by atoms with Gasteiger partial charge >= 0.3 is 35.2 Å². The van der Waals surface area contributed by atoms with Crippen LogP contribution >= 0.6 is 0 Å². The fourth-order valence-electron chi connectivity index (χ4n) is 16.1. The van der Waals surface area contributed by atoms with Gasteiger partial charge in [-0.1, -0.05) is 72.8 Å². The fraction of sp³-hybridized carbons (Fsp3) is 0.280. The van der Waals surface area contributed by atoms with E-state index in [1.54, 1.807) is 0 Å². The molecule has 10 aromatic rings. The number of aryl methyl sites for hydroxylation is 6. The Morgan fingerprint density at radius 3 is 0.817 bits per heavy atom. The highest BCUT2D eigenvalue weighted by Crippen LogP contribution is 2.52. The molecule has 9 aromatic carbocycles. The van der Waals surface area contributed by atoms with Crippen LogP contribution in [0, 0.1) is 41.5 Å². The van der Waals surface area contributed by atoms with Crippen LogP contribution in [0.2, 0.25) is 0 Å². The molecule has 6 atom stereocenters. The number of aliphatic imine (C=N–C) groups is 3. The summed E-state index contributed by atoms with van der Waals surface area (Å²) in [5, 5.41) is 5.38.